The second-order valence-corrected chi connectivity index (χ2v) is 7.14. The second-order valence-electron chi connectivity index (χ2n) is 7.14. The zero-order chi connectivity index (χ0) is 20.1. The van der Waals surface area contributed by atoms with Crippen molar-refractivity contribution in [2.45, 2.75) is 33.0 Å². The number of nitrogens with one attached hydrogen (secondary N) is 1. The number of carbonyl (C=O) groups excluding carboxylic acids is 1. The maximum absolute atomic E-state index is 12.9. The molecule has 0 aliphatic carbocycles. The number of benzene rings is 2. The van der Waals surface area contributed by atoms with E-state index >= 15 is 0 Å². The molecule has 3 rings (SSSR count). The van der Waals surface area contributed by atoms with E-state index in [0.29, 0.717) is 23.7 Å². The molecule has 1 aromatic heterocycles. The lowest BCUT2D eigenvalue weighted by atomic mass is 10.1. The van der Waals surface area contributed by atoms with Crippen molar-refractivity contribution >= 4 is 11.8 Å². The van der Waals surface area contributed by atoms with Crippen molar-refractivity contribution in [2.75, 3.05) is 5.32 Å². The molecule has 0 aliphatic rings. The number of aromatic nitrogens is 1. The Kier molecular flexibility index (Phi) is 5.63. The van der Waals surface area contributed by atoms with Gasteiger partial charge in [-0.15, -0.1) is 0 Å². The number of halogens is 1. The number of ether oxygens (including phenoxy) is 2. The van der Waals surface area contributed by atoms with E-state index in [0.717, 1.165) is 11.1 Å². The van der Waals surface area contributed by atoms with Crippen LogP contribution >= 0.6 is 0 Å². The van der Waals surface area contributed by atoms with Crippen molar-refractivity contribution in [3.8, 4) is 17.0 Å². The van der Waals surface area contributed by atoms with Crippen LogP contribution in [0.15, 0.2) is 59.3 Å². The van der Waals surface area contributed by atoms with Crippen LogP contribution in [0.25, 0.3) is 11.3 Å². The van der Waals surface area contributed by atoms with Crippen LogP contribution in [-0.2, 0) is 11.3 Å². The van der Waals surface area contributed by atoms with Crippen LogP contribution in [0.5, 0.6) is 5.75 Å². The fourth-order valence-corrected chi connectivity index (χ4v) is 2.40. The Morgan fingerprint density at radius 1 is 1.11 bits per heavy atom. The van der Waals surface area contributed by atoms with Crippen molar-refractivity contribution in [3.63, 3.8) is 0 Å². The molecule has 1 N–H and O–H groups in total. The van der Waals surface area contributed by atoms with E-state index in [1.165, 1.54) is 18.4 Å². The Bertz CT molecular complexity index is 928. The number of anilines is 1. The van der Waals surface area contributed by atoms with E-state index in [4.69, 9.17) is 14.0 Å². The molecule has 0 fully saturated rings. The minimum atomic E-state index is -0.606. The van der Waals surface area contributed by atoms with Gasteiger partial charge in [0.15, 0.2) is 0 Å². The molecular formula is C21H21FN2O4. The minimum Gasteiger partial charge on any atom is -0.489 e. The average Bonchev–Trinajstić information content (AvgIpc) is 3.08. The third kappa shape index (κ3) is 5.33. The van der Waals surface area contributed by atoms with Crippen LogP contribution in [0.3, 0.4) is 0 Å². The molecular weight excluding hydrogens is 363 g/mol. The first kappa shape index (κ1) is 19.4. The minimum absolute atomic E-state index is 0.281. The summed E-state index contributed by atoms with van der Waals surface area (Å²) in [7, 11) is 0. The summed E-state index contributed by atoms with van der Waals surface area (Å²) in [6.07, 6.45) is 0.759. The molecule has 146 valence electrons. The maximum Gasteiger partial charge on any atom is 0.412 e. The lowest BCUT2D eigenvalue weighted by molar-refractivity contribution is 0.0636. The summed E-state index contributed by atoms with van der Waals surface area (Å²) in [4.78, 5) is 12.0. The molecule has 0 saturated carbocycles. The van der Waals surface area contributed by atoms with Gasteiger partial charge in [0.1, 0.15) is 41.4 Å². The predicted molar refractivity (Wildman–Crippen MR) is 103 cm³/mol. The second kappa shape index (κ2) is 8.12. The van der Waals surface area contributed by atoms with Gasteiger partial charge in [-0.1, -0.05) is 17.3 Å². The smallest absolute Gasteiger partial charge is 0.412 e. The first-order chi connectivity index (χ1) is 13.3. The third-order valence-electron chi connectivity index (χ3n) is 3.65. The summed E-state index contributed by atoms with van der Waals surface area (Å²) in [6.45, 7) is 5.68. The first-order valence-electron chi connectivity index (χ1n) is 8.72. The lowest BCUT2D eigenvalue weighted by Crippen LogP contribution is -2.27. The molecule has 0 saturated heterocycles. The summed E-state index contributed by atoms with van der Waals surface area (Å²) >= 11 is 0. The van der Waals surface area contributed by atoms with Crippen LogP contribution in [0, 0.1) is 5.82 Å². The van der Waals surface area contributed by atoms with Gasteiger partial charge in [-0.05, 0) is 62.7 Å². The summed E-state index contributed by atoms with van der Waals surface area (Å²) < 4.78 is 28.9. The number of hydrogen-bond donors (Lipinski definition) is 1. The molecule has 1 amide bonds. The number of rotatable bonds is 5. The van der Waals surface area contributed by atoms with Gasteiger partial charge in [0.2, 0.25) is 0 Å². The van der Waals surface area contributed by atoms with E-state index in [-0.39, 0.29) is 5.82 Å². The van der Waals surface area contributed by atoms with Crippen LogP contribution < -0.4 is 10.1 Å². The fraction of sp³-hybridized carbons (Fsp3) is 0.238. The van der Waals surface area contributed by atoms with Gasteiger partial charge in [0.05, 0.1) is 0 Å². The van der Waals surface area contributed by atoms with E-state index in [2.05, 4.69) is 10.5 Å². The molecule has 0 aliphatic heterocycles. The van der Waals surface area contributed by atoms with Gasteiger partial charge in [-0.25, -0.2) is 9.18 Å². The Balaban J connectivity index is 1.64. The average molecular weight is 384 g/mol. The molecule has 0 atom stereocenters. The SMILES string of the molecule is CC(C)(C)OC(=O)Nc1conc1-c1ccc(OCc2ccc(F)cc2)cc1. The van der Waals surface area contributed by atoms with Crippen molar-refractivity contribution in [1.82, 2.24) is 5.16 Å². The molecule has 0 bridgehead atoms. The van der Waals surface area contributed by atoms with Crippen molar-refractivity contribution in [3.05, 3.63) is 66.2 Å². The fourth-order valence-electron chi connectivity index (χ4n) is 2.40. The highest BCUT2D eigenvalue weighted by Gasteiger charge is 2.19. The highest BCUT2D eigenvalue weighted by atomic mass is 19.1. The molecule has 7 heteroatoms. The molecule has 0 spiro atoms. The maximum atomic E-state index is 12.9. The summed E-state index contributed by atoms with van der Waals surface area (Å²) in [5.41, 5.74) is 1.90. The highest BCUT2D eigenvalue weighted by Crippen LogP contribution is 2.28. The molecule has 28 heavy (non-hydrogen) atoms. The van der Waals surface area contributed by atoms with Crippen molar-refractivity contribution in [2.24, 2.45) is 0 Å². The summed E-state index contributed by atoms with van der Waals surface area (Å²) in [5, 5.41) is 6.58. The Morgan fingerprint density at radius 3 is 2.43 bits per heavy atom. The molecule has 1 heterocycles. The molecule has 2 aromatic carbocycles. The van der Waals surface area contributed by atoms with Gasteiger partial charge in [-0.3, -0.25) is 5.32 Å². The van der Waals surface area contributed by atoms with Crippen LogP contribution in [-0.4, -0.2) is 16.9 Å². The predicted octanol–water partition coefficient (Wildman–Crippen LogP) is 5.41. The van der Waals surface area contributed by atoms with E-state index in [9.17, 15) is 9.18 Å². The summed E-state index contributed by atoms with van der Waals surface area (Å²) in [5.74, 6) is 0.370. The third-order valence-corrected chi connectivity index (χ3v) is 3.65. The zero-order valence-electron chi connectivity index (χ0n) is 15.9. The van der Waals surface area contributed by atoms with Crippen molar-refractivity contribution < 1.29 is 23.2 Å². The first-order valence-corrected chi connectivity index (χ1v) is 8.72. The van der Waals surface area contributed by atoms with E-state index < -0.39 is 11.7 Å². The number of carbonyl (C=O) groups is 1. The molecule has 6 nitrogen and oxygen atoms in total. The van der Waals surface area contributed by atoms with Gasteiger partial charge in [-0.2, -0.15) is 0 Å². The van der Waals surface area contributed by atoms with E-state index in [1.807, 2.05) is 0 Å². The number of hydrogen-bond acceptors (Lipinski definition) is 5. The Hall–Kier alpha value is -3.35. The van der Waals surface area contributed by atoms with Gasteiger partial charge in [0, 0.05) is 5.56 Å². The molecule has 0 unspecified atom stereocenters. The standard InChI is InChI=1S/C21H21FN2O4/c1-21(2,3)28-20(25)23-18-13-27-24-19(18)15-6-10-17(11-7-15)26-12-14-4-8-16(22)9-5-14/h4-11,13H,12H2,1-3H3,(H,23,25). The highest BCUT2D eigenvalue weighted by molar-refractivity contribution is 5.89. The van der Waals surface area contributed by atoms with Crippen molar-refractivity contribution in [1.29, 1.82) is 0 Å². The van der Waals surface area contributed by atoms with Gasteiger partial charge >= 0.3 is 6.09 Å². The lowest BCUT2D eigenvalue weighted by Gasteiger charge is -2.19. The normalized spacial score (nSPS) is 11.1. The van der Waals surface area contributed by atoms with Crippen LogP contribution in [0.4, 0.5) is 14.9 Å². The monoisotopic (exact) mass is 384 g/mol. The topological polar surface area (TPSA) is 73.6 Å². The molecule has 0 radical (unpaired) electrons. The zero-order valence-corrected chi connectivity index (χ0v) is 15.9. The molecule has 3 aromatic rings. The van der Waals surface area contributed by atoms with E-state index in [1.54, 1.807) is 57.2 Å². The quantitative estimate of drug-likeness (QED) is 0.637. The Morgan fingerprint density at radius 2 is 1.79 bits per heavy atom. The van der Waals surface area contributed by atoms with Gasteiger partial charge < -0.3 is 14.0 Å². The Labute approximate surface area is 162 Å². The largest absolute Gasteiger partial charge is 0.489 e. The number of nitrogens with zero attached hydrogens (tertiary/aromatic N) is 1. The number of amides is 1. The van der Waals surface area contributed by atoms with Crippen LogP contribution in [0.2, 0.25) is 0 Å². The summed E-state index contributed by atoms with van der Waals surface area (Å²) in [6, 6.07) is 13.3. The van der Waals surface area contributed by atoms with Crippen LogP contribution in [0.1, 0.15) is 26.3 Å². The van der Waals surface area contributed by atoms with Gasteiger partial charge in [0.25, 0.3) is 0 Å².